The van der Waals surface area contributed by atoms with Crippen LogP contribution in [0.4, 0.5) is 0 Å². The molecule has 19 heavy (non-hydrogen) atoms. The number of rotatable bonds is 5. The third-order valence-electron chi connectivity index (χ3n) is 3.51. The quantitative estimate of drug-likeness (QED) is 0.893. The minimum absolute atomic E-state index is 0.225. The molecule has 0 bridgehead atoms. The molecule has 1 N–H and O–H groups in total. The summed E-state index contributed by atoms with van der Waals surface area (Å²) in [5.74, 6) is 0.856. The van der Waals surface area contributed by atoms with Crippen LogP contribution in [0.2, 0.25) is 5.02 Å². The zero-order valence-electron chi connectivity index (χ0n) is 11.3. The Labute approximate surface area is 119 Å². The maximum absolute atomic E-state index is 11.4. The van der Waals surface area contributed by atoms with Crippen molar-refractivity contribution in [2.75, 3.05) is 18.1 Å². The Morgan fingerprint density at radius 2 is 2.26 bits per heavy atom. The molecule has 2 heterocycles. The Balaban J connectivity index is 1.90. The van der Waals surface area contributed by atoms with E-state index in [0.717, 1.165) is 24.4 Å². The average molecular weight is 306 g/mol. The number of nitrogens with zero attached hydrogens (tertiary/aromatic N) is 2. The fraction of sp³-hybridized carbons (Fsp3) is 0.750. The van der Waals surface area contributed by atoms with Gasteiger partial charge in [-0.1, -0.05) is 11.6 Å². The molecule has 1 aliphatic heterocycles. The lowest BCUT2D eigenvalue weighted by molar-refractivity contribution is 0.503. The highest BCUT2D eigenvalue weighted by atomic mass is 35.5. The molecule has 1 unspecified atom stereocenters. The van der Waals surface area contributed by atoms with E-state index in [0.29, 0.717) is 29.6 Å². The standard InChI is InChI=1S/C12H20ClN3O2S/c1-3-16-11(12(13)9(2)15-16)7-14-6-10-4-5-19(17,18)8-10/h10,14H,3-8H2,1-2H3. The second kappa shape index (κ2) is 5.81. The number of nitrogens with one attached hydrogen (secondary N) is 1. The van der Waals surface area contributed by atoms with E-state index in [9.17, 15) is 8.42 Å². The summed E-state index contributed by atoms with van der Waals surface area (Å²) in [6.07, 6.45) is 0.759. The van der Waals surface area contributed by atoms with Gasteiger partial charge in [0.1, 0.15) is 0 Å². The summed E-state index contributed by atoms with van der Waals surface area (Å²) in [6, 6.07) is 0. The highest BCUT2D eigenvalue weighted by Crippen LogP contribution is 2.21. The molecule has 0 saturated carbocycles. The number of aryl methyl sites for hydroxylation is 2. The molecular weight excluding hydrogens is 286 g/mol. The van der Waals surface area contributed by atoms with Gasteiger partial charge >= 0.3 is 0 Å². The van der Waals surface area contributed by atoms with Gasteiger partial charge in [0.05, 0.1) is 27.9 Å². The van der Waals surface area contributed by atoms with Gasteiger partial charge in [0, 0.05) is 13.1 Å². The van der Waals surface area contributed by atoms with Gasteiger partial charge in [-0.25, -0.2) is 8.42 Å². The molecule has 1 saturated heterocycles. The van der Waals surface area contributed by atoms with Gasteiger partial charge in [-0.3, -0.25) is 4.68 Å². The van der Waals surface area contributed by atoms with Gasteiger partial charge in [0.15, 0.2) is 9.84 Å². The van der Waals surface area contributed by atoms with E-state index in [1.165, 1.54) is 0 Å². The van der Waals surface area contributed by atoms with E-state index < -0.39 is 9.84 Å². The van der Waals surface area contributed by atoms with Crippen molar-refractivity contribution in [2.24, 2.45) is 5.92 Å². The zero-order valence-corrected chi connectivity index (χ0v) is 12.9. The lowest BCUT2D eigenvalue weighted by Gasteiger charge is -2.10. The molecule has 1 aliphatic rings. The van der Waals surface area contributed by atoms with E-state index in [2.05, 4.69) is 10.4 Å². The fourth-order valence-corrected chi connectivity index (χ4v) is 4.53. The van der Waals surface area contributed by atoms with Crippen LogP contribution in [0.25, 0.3) is 0 Å². The molecule has 1 aromatic heterocycles. The minimum atomic E-state index is -2.79. The van der Waals surface area contributed by atoms with E-state index in [1.54, 1.807) is 0 Å². The van der Waals surface area contributed by atoms with Crippen LogP contribution < -0.4 is 5.32 Å². The van der Waals surface area contributed by atoms with E-state index in [4.69, 9.17) is 11.6 Å². The van der Waals surface area contributed by atoms with Crippen LogP contribution >= 0.6 is 11.6 Å². The Hall–Kier alpha value is -0.590. The molecular formula is C12H20ClN3O2S. The topological polar surface area (TPSA) is 64.0 Å². The highest BCUT2D eigenvalue weighted by molar-refractivity contribution is 7.91. The summed E-state index contributed by atoms with van der Waals surface area (Å²) in [5.41, 5.74) is 1.81. The summed E-state index contributed by atoms with van der Waals surface area (Å²) < 4.78 is 24.6. The molecule has 1 aromatic rings. The normalized spacial score (nSPS) is 21.9. The molecule has 0 spiro atoms. The summed E-state index contributed by atoms with van der Waals surface area (Å²) in [5, 5.41) is 8.35. The van der Waals surface area contributed by atoms with Crippen molar-refractivity contribution >= 4 is 21.4 Å². The third kappa shape index (κ3) is 3.49. The van der Waals surface area contributed by atoms with Crippen molar-refractivity contribution in [2.45, 2.75) is 33.4 Å². The zero-order chi connectivity index (χ0) is 14.0. The summed E-state index contributed by atoms with van der Waals surface area (Å²) in [4.78, 5) is 0. The van der Waals surface area contributed by atoms with Gasteiger partial charge < -0.3 is 5.32 Å². The summed E-state index contributed by atoms with van der Waals surface area (Å²) >= 11 is 6.21. The number of hydrogen-bond donors (Lipinski definition) is 1. The first-order valence-electron chi connectivity index (χ1n) is 6.56. The SMILES string of the molecule is CCn1nc(C)c(Cl)c1CNCC1CCS(=O)(=O)C1. The van der Waals surface area contributed by atoms with Crippen molar-refractivity contribution in [3.05, 3.63) is 16.4 Å². The minimum Gasteiger partial charge on any atom is -0.311 e. The van der Waals surface area contributed by atoms with Crippen LogP contribution in [0, 0.1) is 12.8 Å². The van der Waals surface area contributed by atoms with Crippen molar-refractivity contribution in [1.82, 2.24) is 15.1 Å². The molecule has 108 valence electrons. The predicted octanol–water partition coefficient (Wildman–Crippen LogP) is 1.39. The number of aromatic nitrogens is 2. The maximum Gasteiger partial charge on any atom is 0.150 e. The molecule has 0 aliphatic carbocycles. The Morgan fingerprint density at radius 1 is 1.53 bits per heavy atom. The Kier molecular flexibility index (Phi) is 4.53. The van der Waals surface area contributed by atoms with E-state index in [1.807, 2.05) is 18.5 Å². The van der Waals surface area contributed by atoms with Crippen molar-refractivity contribution in [3.63, 3.8) is 0 Å². The van der Waals surface area contributed by atoms with Crippen LogP contribution in [0.5, 0.6) is 0 Å². The Bertz CT molecular complexity index is 554. The van der Waals surface area contributed by atoms with Gasteiger partial charge in [0.2, 0.25) is 0 Å². The lowest BCUT2D eigenvalue weighted by atomic mass is 10.1. The van der Waals surface area contributed by atoms with Crippen LogP contribution in [0.1, 0.15) is 24.7 Å². The lowest BCUT2D eigenvalue weighted by Crippen LogP contribution is -2.24. The first-order valence-corrected chi connectivity index (χ1v) is 8.75. The van der Waals surface area contributed by atoms with Crippen LogP contribution in [0.15, 0.2) is 0 Å². The van der Waals surface area contributed by atoms with Gasteiger partial charge in [-0.2, -0.15) is 5.10 Å². The van der Waals surface area contributed by atoms with Crippen LogP contribution in [-0.2, 0) is 22.9 Å². The van der Waals surface area contributed by atoms with E-state index >= 15 is 0 Å². The monoisotopic (exact) mass is 305 g/mol. The molecule has 7 heteroatoms. The Morgan fingerprint density at radius 3 is 2.84 bits per heavy atom. The summed E-state index contributed by atoms with van der Waals surface area (Å²) in [6.45, 7) is 6.04. The molecule has 0 aromatic carbocycles. The molecule has 5 nitrogen and oxygen atoms in total. The first-order chi connectivity index (χ1) is 8.93. The van der Waals surface area contributed by atoms with Gasteiger partial charge in [0.25, 0.3) is 0 Å². The predicted molar refractivity (Wildman–Crippen MR) is 76.1 cm³/mol. The number of hydrogen-bond acceptors (Lipinski definition) is 4. The summed E-state index contributed by atoms with van der Waals surface area (Å²) in [7, 11) is -2.79. The fourth-order valence-electron chi connectivity index (χ4n) is 2.47. The highest BCUT2D eigenvalue weighted by Gasteiger charge is 2.27. The maximum atomic E-state index is 11.4. The van der Waals surface area contributed by atoms with E-state index in [-0.39, 0.29) is 5.92 Å². The average Bonchev–Trinajstić information content (AvgIpc) is 2.83. The molecule has 1 atom stereocenters. The largest absolute Gasteiger partial charge is 0.311 e. The number of halogens is 1. The number of sulfone groups is 1. The molecule has 1 fully saturated rings. The molecule has 0 radical (unpaired) electrons. The van der Waals surface area contributed by atoms with Crippen molar-refractivity contribution in [3.8, 4) is 0 Å². The second-order valence-electron chi connectivity index (χ2n) is 5.06. The smallest absolute Gasteiger partial charge is 0.150 e. The van der Waals surface area contributed by atoms with Crippen molar-refractivity contribution in [1.29, 1.82) is 0 Å². The van der Waals surface area contributed by atoms with Crippen LogP contribution in [0.3, 0.4) is 0 Å². The molecule has 0 amide bonds. The van der Waals surface area contributed by atoms with Crippen molar-refractivity contribution < 1.29 is 8.42 Å². The van der Waals surface area contributed by atoms with Gasteiger partial charge in [-0.05, 0) is 32.7 Å². The van der Waals surface area contributed by atoms with Crippen LogP contribution in [-0.4, -0.2) is 36.2 Å². The molecule has 2 rings (SSSR count). The third-order valence-corrected chi connectivity index (χ3v) is 5.83. The first kappa shape index (κ1) is 14.8. The van der Waals surface area contributed by atoms with Gasteiger partial charge in [-0.15, -0.1) is 0 Å². The second-order valence-corrected chi connectivity index (χ2v) is 7.67.